The van der Waals surface area contributed by atoms with Crippen molar-refractivity contribution in [2.45, 2.75) is 19.4 Å². The van der Waals surface area contributed by atoms with Gasteiger partial charge < -0.3 is 14.2 Å². The van der Waals surface area contributed by atoms with E-state index in [1.165, 1.54) is 27.3 Å². The van der Waals surface area contributed by atoms with Crippen LogP contribution in [0.25, 0.3) is 0 Å². The van der Waals surface area contributed by atoms with E-state index in [0.29, 0.717) is 0 Å². The van der Waals surface area contributed by atoms with Gasteiger partial charge in [0.05, 0.1) is 33.1 Å². The van der Waals surface area contributed by atoms with Gasteiger partial charge in [-0.3, -0.25) is 10.00 Å². The molecule has 0 fully saturated rings. The van der Waals surface area contributed by atoms with Crippen molar-refractivity contribution in [1.29, 1.82) is 0 Å². The molecule has 2 N–H and O–H groups in total. The molecule has 0 aromatic carbocycles. The van der Waals surface area contributed by atoms with Crippen molar-refractivity contribution in [2.75, 3.05) is 26.1 Å². The Morgan fingerprint density at radius 2 is 1.76 bits per heavy atom. The van der Waals surface area contributed by atoms with E-state index in [0.717, 1.165) is 10.9 Å². The molecular weight excluding hydrogens is 408 g/mol. The van der Waals surface area contributed by atoms with E-state index in [9.17, 15) is 18.0 Å². The van der Waals surface area contributed by atoms with E-state index in [2.05, 4.69) is 20.4 Å². The minimum atomic E-state index is -4.47. The zero-order valence-electron chi connectivity index (χ0n) is 15.4. The zero-order valence-corrected chi connectivity index (χ0v) is 16.2. The molecule has 160 valence electrons. The molecule has 0 atom stereocenters. The Bertz CT molecular complexity index is 967. The fraction of sp³-hybridized carbons (Fsp3) is 0.400. The number of nitrogens with one attached hydrogen (secondary N) is 2. The van der Waals surface area contributed by atoms with Crippen LogP contribution in [-0.4, -0.2) is 61.0 Å². The van der Waals surface area contributed by atoms with Crippen LogP contribution in [0.3, 0.4) is 0 Å². The first-order valence-corrected chi connectivity index (χ1v) is 9.20. The topological polar surface area (TPSA) is 164 Å². The van der Waals surface area contributed by atoms with Crippen LogP contribution < -0.4 is 19.5 Å². The Morgan fingerprint density at radius 3 is 2.28 bits per heavy atom. The number of urea groups is 1. The highest BCUT2D eigenvalue weighted by atomic mass is 32.2. The number of methoxy groups -OCH3 is 2. The number of hydrogen-bond acceptors (Lipinski definition) is 10. The first-order valence-electron chi connectivity index (χ1n) is 7.71. The molecule has 0 spiro atoms. The molecule has 0 aliphatic rings. The van der Waals surface area contributed by atoms with Crippen molar-refractivity contribution in [1.82, 2.24) is 24.5 Å². The third-order valence-corrected chi connectivity index (χ3v) is 4.63. The lowest BCUT2D eigenvalue weighted by molar-refractivity contribution is 0.0521. The Morgan fingerprint density at radius 1 is 1.17 bits per heavy atom. The Balaban J connectivity index is 0.00000420. The van der Waals surface area contributed by atoms with Crippen LogP contribution in [0, 0.1) is 0 Å². The van der Waals surface area contributed by atoms with Crippen molar-refractivity contribution < 1.29 is 32.2 Å². The fourth-order valence-electron chi connectivity index (χ4n) is 2.06. The Kier molecular flexibility index (Phi) is 7.88. The van der Waals surface area contributed by atoms with Crippen LogP contribution in [0.2, 0.25) is 0 Å². The van der Waals surface area contributed by atoms with Gasteiger partial charge in [-0.05, 0) is 6.92 Å². The first-order chi connectivity index (χ1) is 13.2. The number of nitrogens with zero attached hydrogens (tertiary/aromatic N) is 4. The largest absolute Gasteiger partial charge is 0.481 e. The van der Waals surface area contributed by atoms with E-state index >= 15 is 0 Å². The number of rotatable bonds is 7. The van der Waals surface area contributed by atoms with Gasteiger partial charge in [-0.1, -0.05) is 7.43 Å². The molecule has 2 heterocycles. The summed E-state index contributed by atoms with van der Waals surface area (Å²) in [4.78, 5) is 31.8. The van der Waals surface area contributed by atoms with Gasteiger partial charge in [0.2, 0.25) is 17.7 Å². The summed E-state index contributed by atoms with van der Waals surface area (Å²) < 4.78 is 42.5. The van der Waals surface area contributed by atoms with Crippen LogP contribution in [0.1, 0.15) is 24.7 Å². The maximum atomic E-state index is 12.6. The van der Waals surface area contributed by atoms with Crippen LogP contribution in [-0.2, 0) is 21.8 Å². The lowest BCUT2D eigenvalue weighted by atomic mass is 10.4. The molecular formula is C15H22N6O7S. The summed E-state index contributed by atoms with van der Waals surface area (Å²) in [6, 6.07) is 0.187. The first kappa shape index (κ1) is 23.6. The molecule has 2 amide bonds. The predicted octanol–water partition coefficient (Wildman–Crippen LogP) is 0.551. The number of carbonyl (C=O) groups is 2. The molecule has 0 radical (unpaired) electrons. The van der Waals surface area contributed by atoms with E-state index in [4.69, 9.17) is 14.2 Å². The van der Waals surface area contributed by atoms with Crippen LogP contribution in [0.4, 0.5) is 10.7 Å². The summed E-state index contributed by atoms with van der Waals surface area (Å²) in [5, 5.41) is 5.34. The monoisotopic (exact) mass is 430 g/mol. The predicted molar refractivity (Wildman–Crippen MR) is 100 cm³/mol. The summed E-state index contributed by atoms with van der Waals surface area (Å²) in [6.07, 6.45) is 1.03. The van der Waals surface area contributed by atoms with Crippen molar-refractivity contribution in [3.8, 4) is 11.8 Å². The zero-order chi connectivity index (χ0) is 20.9. The van der Waals surface area contributed by atoms with E-state index in [-0.39, 0.29) is 37.3 Å². The van der Waals surface area contributed by atoms with E-state index in [1.807, 2.05) is 0 Å². The molecule has 2 aromatic heterocycles. The standard InChI is InChI=1S/C14H18N6O7S.CH4/c1-5-27-12(21)8-7-15-20(2)11(8)28(23,24)19-14(22)18-13-16-9(25-3)6-10(17-13)26-4;/h6-7H,5H2,1-4H3,(H2,16,17,18,19,22);1H4. The van der Waals surface area contributed by atoms with Crippen molar-refractivity contribution in [3.63, 3.8) is 0 Å². The molecule has 0 saturated heterocycles. The number of ether oxygens (including phenoxy) is 3. The maximum absolute atomic E-state index is 12.6. The second-order valence-corrected chi connectivity index (χ2v) is 6.64. The third-order valence-electron chi connectivity index (χ3n) is 3.18. The molecule has 0 unspecified atom stereocenters. The molecule has 14 heteroatoms. The number of carbonyl (C=O) groups excluding carboxylic acids is 2. The Labute approximate surface area is 167 Å². The lowest BCUT2D eigenvalue weighted by Crippen LogP contribution is -2.36. The molecule has 2 rings (SSSR count). The van der Waals surface area contributed by atoms with Crippen LogP contribution in [0.5, 0.6) is 11.8 Å². The molecule has 0 saturated carbocycles. The second-order valence-electron chi connectivity index (χ2n) is 5.04. The van der Waals surface area contributed by atoms with Gasteiger partial charge in [0.15, 0.2) is 5.03 Å². The molecule has 2 aromatic rings. The average molecular weight is 430 g/mol. The summed E-state index contributed by atoms with van der Waals surface area (Å²) in [6.45, 7) is 1.60. The molecule has 0 aliphatic heterocycles. The van der Waals surface area contributed by atoms with Gasteiger partial charge in [0, 0.05) is 7.05 Å². The normalized spacial score (nSPS) is 10.5. The number of amides is 2. The number of esters is 1. The highest BCUT2D eigenvalue weighted by Gasteiger charge is 2.30. The molecule has 29 heavy (non-hydrogen) atoms. The summed E-state index contributed by atoms with van der Waals surface area (Å²) in [7, 11) is -0.491. The minimum Gasteiger partial charge on any atom is -0.481 e. The maximum Gasteiger partial charge on any atom is 0.342 e. The fourth-order valence-corrected chi connectivity index (χ4v) is 3.27. The molecule has 13 nitrogen and oxygen atoms in total. The second kappa shape index (κ2) is 9.68. The summed E-state index contributed by atoms with van der Waals surface area (Å²) in [5.41, 5.74) is -0.316. The SMILES string of the molecule is C.CCOC(=O)c1cnn(C)c1S(=O)(=O)NC(=O)Nc1nc(OC)cc(OC)n1. The average Bonchev–Trinajstić information content (AvgIpc) is 3.03. The van der Waals surface area contributed by atoms with Gasteiger partial charge in [-0.25, -0.2) is 14.3 Å². The van der Waals surface area contributed by atoms with Crippen LogP contribution >= 0.6 is 0 Å². The number of sulfonamides is 1. The molecule has 0 bridgehead atoms. The van der Waals surface area contributed by atoms with Gasteiger partial charge in [0.1, 0.15) is 5.56 Å². The molecule has 0 aliphatic carbocycles. The van der Waals surface area contributed by atoms with Gasteiger partial charge in [0.25, 0.3) is 10.0 Å². The number of anilines is 1. The quantitative estimate of drug-likeness (QED) is 0.593. The van der Waals surface area contributed by atoms with E-state index in [1.54, 1.807) is 11.6 Å². The summed E-state index contributed by atoms with van der Waals surface area (Å²) >= 11 is 0. The number of hydrogen-bond donors (Lipinski definition) is 2. The van der Waals surface area contributed by atoms with Crippen molar-refractivity contribution in [2.24, 2.45) is 7.05 Å². The summed E-state index contributed by atoms with van der Waals surface area (Å²) in [5.74, 6) is -0.987. The smallest absolute Gasteiger partial charge is 0.342 e. The highest BCUT2D eigenvalue weighted by molar-refractivity contribution is 7.90. The highest BCUT2D eigenvalue weighted by Crippen LogP contribution is 2.18. The number of aryl methyl sites for hydroxylation is 1. The van der Waals surface area contributed by atoms with Gasteiger partial charge in [-0.2, -0.15) is 23.5 Å². The lowest BCUT2D eigenvalue weighted by Gasteiger charge is -2.10. The minimum absolute atomic E-state index is 0. The Hall–Kier alpha value is -3.42. The van der Waals surface area contributed by atoms with Crippen molar-refractivity contribution in [3.05, 3.63) is 17.8 Å². The van der Waals surface area contributed by atoms with E-state index < -0.39 is 27.0 Å². The van der Waals surface area contributed by atoms with Gasteiger partial charge >= 0.3 is 12.0 Å². The van der Waals surface area contributed by atoms with Crippen molar-refractivity contribution >= 4 is 28.0 Å². The third kappa shape index (κ3) is 5.54. The van der Waals surface area contributed by atoms with Crippen LogP contribution in [0.15, 0.2) is 17.3 Å². The van der Waals surface area contributed by atoms with Gasteiger partial charge in [-0.15, -0.1) is 0 Å². The number of aromatic nitrogens is 4.